The van der Waals surface area contributed by atoms with E-state index in [9.17, 15) is 14.4 Å². The van der Waals surface area contributed by atoms with Crippen LogP contribution < -0.4 is 20.2 Å². The number of nitrogens with one attached hydrogen (secondary N) is 2. The van der Waals surface area contributed by atoms with Gasteiger partial charge in [0.1, 0.15) is 0 Å². The first-order chi connectivity index (χ1) is 20.2. The number of para-hydroxylation sites is 1. The summed E-state index contributed by atoms with van der Waals surface area (Å²) in [7, 11) is 0. The molecule has 0 saturated carbocycles. The maximum absolute atomic E-state index is 12.9. The minimum Gasteiger partial charge on any atom is -0.490 e. The summed E-state index contributed by atoms with van der Waals surface area (Å²) in [6, 6.07) is 20.1. The highest BCUT2D eigenvalue weighted by molar-refractivity contribution is 6.37. The van der Waals surface area contributed by atoms with Crippen LogP contribution in [-0.4, -0.2) is 30.6 Å². The van der Waals surface area contributed by atoms with Gasteiger partial charge in [-0.05, 0) is 79.2 Å². The van der Waals surface area contributed by atoms with Gasteiger partial charge in [0.25, 0.3) is 11.8 Å². The van der Waals surface area contributed by atoms with Gasteiger partial charge in [-0.2, -0.15) is 5.10 Å². The number of ether oxygens (including phenoxy) is 2. The van der Waals surface area contributed by atoms with Gasteiger partial charge < -0.3 is 14.8 Å². The molecule has 4 aromatic rings. The summed E-state index contributed by atoms with van der Waals surface area (Å²) < 4.78 is 11.1. The van der Waals surface area contributed by atoms with E-state index in [2.05, 4.69) is 15.8 Å². The molecule has 4 rings (SSSR count). The summed E-state index contributed by atoms with van der Waals surface area (Å²) in [6.45, 7) is 2.08. The Hall–Kier alpha value is -4.08. The van der Waals surface area contributed by atoms with Crippen molar-refractivity contribution >= 4 is 76.1 Å². The Morgan fingerprint density at radius 3 is 2.10 bits per heavy atom. The second kappa shape index (κ2) is 14.2. The number of nitrogens with zero attached hydrogens (tertiary/aromatic N) is 1. The fourth-order valence-corrected chi connectivity index (χ4v) is 4.63. The zero-order valence-corrected chi connectivity index (χ0v) is 24.8. The second-order valence-electron chi connectivity index (χ2n) is 8.48. The van der Waals surface area contributed by atoms with Gasteiger partial charge in [0.2, 0.25) is 0 Å². The molecule has 0 radical (unpaired) electrons. The molecule has 0 fully saturated rings. The Labute approximate surface area is 261 Å². The molecule has 12 heteroatoms. The van der Waals surface area contributed by atoms with Crippen LogP contribution in [-0.2, 0) is 0 Å². The van der Waals surface area contributed by atoms with E-state index in [-0.39, 0.29) is 43.9 Å². The van der Waals surface area contributed by atoms with Crippen molar-refractivity contribution in [2.45, 2.75) is 6.92 Å². The van der Waals surface area contributed by atoms with Crippen LogP contribution in [0.3, 0.4) is 0 Å². The topological polar surface area (TPSA) is 106 Å². The lowest BCUT2D eigenvalue weighted by Gasteiger charge is -2.12. The number of hydrazone groups is 1. The Balaban J connectivity index is 1.45. The Kier molecular flexibility index (Phi) is 10.4. The third-order valence-electron chi connectivity index (χ3n) is 5.60. The second-order valence-corrected chi connectivity index (χ2v) is 10.2. The summed E-state index contributed by atoms with van der Waals surface area (Å²) in [5.74, 6) is -1.32. The molecule has 0 spiro atoms. The van der Waals surface area contributed by atoms with Gasteiger partial charge in [-0.25, -0.2) is 10.2 Å². The third-order valence-corrected chi connectivity index (χ3v) is 6.69. The number of carbonyl (C=O) groups is 3. The van der Waals surface area contributed by atoms with Crippen LogP contribution in [0.25, 0.3) is 0 Å². The third kappa shape index (κ3) is 7.80. The SMILES string of the molecule is CCOc1cc(/C=N\NC(=O)c2ccccc2NC(=O)c2ccc(Cl)cc2Cl)ccc1OC(=O)c1ccc(Cl)cc1Cl. The van der Waals surface area contributed by atoms with Crippen molar-refractivity contribution in [2.24, 2.45) is 5.10 Å². The molecule has 8 nitrogen and oxygen atoms in total. The number of hydrogen-bond donors (Lipinski definition) is 2. The number of halogens is 4. The van der Waals surface area contributed by atoms with Gasteiger partial charge >= 0.3 is 5.97 Å². The summed E-state index contributed by atoms with van der Waals surface area (Å²) in [5, 5.41) is 7.80. The fraction of sp³-hybridized carbons (Fsp3) is 0.0667. The maximum Gasteiger partial charge on any atom is 0.345 e. The van der Waals surface area contributed by atoms with E-state index < -0.39 is 17.8 Å². The Morgan fingerprint density at radius 1 is 0.762 bits per heavy atom. The zero-order chi connectivity index (χ0) is 30.2. The average molecular weight is 645 g/mol. The highest BCUT2D eigenvalue weighted by atomic mass is 35.5. The highest BCUT2D eigenvalue weighted by Gasteiger charge is 2.18. The number of benzene rings is 4. The van der Waals surface area contributed by atoms with E-state index in [1.165, 1.54) is 48.7 Å². The first kappa shape index (κ1) is 30.9. The quantitative estimate of drug-likeness (QED) is 0.0833. The molecule has 214 valence electrons. The number of rotatable bonds is 9. The van der Waals surface area contributed by atoms with Gasteiger partial charge in [0, 0.05) is 10.0 Å². The average Bonchev–Trinajstić information content (AvgIpc) is 2.94. The highest BCUT2D eigenvalue weighted by Crippen LogP contribution is 2.30. The molecule has 0 unspecified atom stereocenters. The largest absolute Gasteiger partial charge is 0.490 e. The summed E-state index contributed by atoms with van der Waals surface area (Å²) >= 11 is 24.1. The molecule has 0 heterocycles. The number of anilines is 1. The van der Waals surface area contributed by atoms with Crippen molar-refractivity contribution in [3.8, 4) is 11.5 Å². The minimum absolute atomic E-state index is 0.143. The van der Waals surface area contributed by atoms with Crippen molar-refractivity contribution in [3.05, 3.63) is 121 Å². The number of amides is 2. The van der Waals surface area contributed by atoms with Crippen LogP contribution in [0, 0.1) is 0 Å². The molecule has 2 amide bonds. The van der Waals surface area contributed by atoms with E-state index >= 15 is 0 Å². The van der Waals surface area contributed by atoms with Crippen molar-refractivity contribution in [1.29, 1.82) is 0 Å². The van der Waals surface area contributed by atoms with Gasteiger partial charge in [0.05, 0.1) is 45.2 Å². The molecule has 0 bridgehead atoms. The minimum atomic E-state index is -0.685. The van der Waals surface area contributed by atoms with Crippen LogP contribution in [0.5, 0.6) is 11.5 Å². The molecule has 0 saturated heterocycles. The normalized spacial score (nSPS) is 10.8. The van der Waals surface area contributed by atoms with Crippen molar-refractivity contribution in [3.63, 3.8) is 0 Å². The van der Waals surface area contributed by atoms with Gasteiger partial charge in [-0.3, -0.25) is 9.59 Å². The molecule has 0 aliphatic heterocycles. The van der Waals surface area contributed by atoms with Crippen molar-refractivity contribution in [2.75, 3.05) is 11.9 Å². The molecule has 0 aliphatic rings. The molecule has 2 N–H and O–H groups in total. The lowest BCUT2D eigenvalue weighted by Crippen LogP contribution is -2.21. The standard InChI is InChI=1S/C30H21Cl4N3O5/c1-2-41-27-13-17(7-12-26(27)42-30(40)21-11-9-19(32)15-24(21)34)16-35-37-29(39)22-5-3-4-6-25(22)36-28(38)20-10-8-18(31)14-23(20)33/h3-16H,2H2,1H3,(H,36,38)(H,37,39)/b35-16-. The number of esters is 1. The van der Waals surface area contributed by atoms with Crippen molar-refractivity contribution in [1.82, 2.24) is 5.43 Å². The Morgan fingerprint density at radius 2 is 1.43 bits per heavy atom. The van der Waals surface area contributed by atoms with E-state index in [0.717, 1.165) is 0 Å². The molecule has 0 aromatic heterocycles. The maximum atomic E-state index is 12.9. The molecule has 4 aromatic carbocycles. The van der Waals surface area contributed by atoms with Crippen LogP contribution in [0.4, 0.5) is 5.69 Å². The summed E-state index contributed by atoms with van der Waals surface area (Å²) in [6.07, 6.45) is 1.39. The zero-order valence-electron chi connectivity index (χ0n) is 21.8. The van der Waals surface area contributed by atoms with Gasteiger partial charge in [-0.1, -0.05) is 58.5 Å². The van der Waals surface area contributed by atoms with Crippen LogP contribution in [0.1, 0.15) is 43.6 Å². The van der Waals surface area contributed by atoms with E-state index in [0.29, 0.717) is 22.2 Å². The first-order valence-corrected chi connectivity index (χ1v) is 13.8. The van der Waals surface area contributed by atoms with Crippen LogP contribution >= 0.6 is 46.4 Å². The fourth-order valence-electron chi connectivity index (χ4n) is 3.65. The van der Waals surface area contributed by atoms with Crippen molar-refractivity contribution < 1.29 is 23.9 Å². The molecular formula is C30H21Cl4N3O5. The van der Waals surface area contributed by atoms with Crippen LogP contribution in [0.15, 0.2) is 84.0 Å². The lowest BCUT2D eigenvalue weighted by atomic mass is 10.1. The predicted octanol–water partition coefficient (Wildman–Crippen LogP) is 7.93. The summed E-state index contributed by atoms with van der Waals surface area (Å²) in [5.41, 5.74) is 3.75. The van der Waals surface area contributed by atoms with E-state index in [1.807, 2.05) is 0 Å². The smallest absolute Gasteiger partial charge is 0.345 e. The van der Waals surface area contributed by atoms with Gasteiger partial charge in [-0.15, -0.1) is 0 Å². The molecule has 42 heavy (non-hydrogen) atoms. The van der Waals surface area contributed by atoms with Gasteiger partial charge in [0.15, 0.2) is 11.5 Å². The lowest BCUT2D eigenvalue weighted by molar-refractivity contribution is 0.0728. The monoisotopic (exact) mass is 643 g/mol. The molecule has 0 atom stereocenters. The molecule has 0 aliphatic carbocycles. The van der Waals surface area contributed by atoms with E-state index in [1.54, 1.807) is 43.3 Å². The predicted molar refractivity (Wildman–Crippen MR) is 165 cm³/mol. The Bertz CT molecular complexity index is 1690. The first-order valence-electron chi connectivity index (χ1n) is 12.3. The van der Waals surface area contributed by atoms with Crippen LogP contribution in [0.2, 0.25) is 20.1 Å². The molecular weight excluding hydrogens is 624 g/mol. The number of carbonyl (C=O) groups excluding carboxylic acids is 3. The summed E-state index contributed by atoms with van der Waals surface area (Å²) in [4.78, 5) is 38.3. The number of hydrogen-bond acceptors (Lipinski definition) is 6. The van der Waals surface area contributed by atoms with E-state index in [4.69, 9.17) is 55.9 Å².